The fraction of sp³-hybridized carbons (Fsp3) is 0.417. The second-order valence-corrected chi connectivity index (χ2v) is 3.76. The van der Waals surface area contributed by atoms with Crippen LogP contribution in [-0.4, -0.2) is 25.7 Å². The zero-order valence-corrected chi connectivity index (χ0v) is 10.00. The lowest BCUT2D eigenvalue weighted by molar-refractivity contribution is -0.118. The zero-order chi connectivity index (χ0) is 12.8. The van der Waals surface area contributed by atoms with Crippen LogP contribution in [0.15, 0.2) is 18.2 Å². The fourth-order valence-electron chi connectivity index (χ4n) is 1.41. The summed E-state index contributed by atoms with van der Waals surface area (Å²) in [6.45, 7) is 1.88. The predicted octanol–water partition coefficient (Wildman–Crippen LogP) is 1.44. The van der Waals surface area contributed by atoms with Crippen molar-refractivity contribution < 1.29 is 13.9 Å². The molecule has 1 aromatic carbocycles. The van der Waals surface area contributed by atoms with Gasteiger partial charge in [0.2, 0.25) is 5.91 Å². The third-order valence-corrected chi connectivity index (χ3v) is 2.55. The fourth-order valence-corrected chi connectivity index (χ4v) is 1.41. The number of rotatable bonds is 5. The molecular formula is C12H17FN2O2. The average molecular weight is 240 g/mol. The minimum Gasteiger partial charge on any atom is -0.380 e. The van der Waals surface area contributed by atoms with Crippen molar-refractivity contribution in [1.82, 2.24) is 0 Å². The number of anilines is 1. The molecule has 1 amide bonds. The van der Waals surface area contributed by atoms with Crippen LogP contribution in [0, 0.1) is 12.7 Å². The average Bonchev–Trinajstić information content (AvgIpc) is 2.32. The number of nitrogens with one attached hydrogen (secondary N) is 1. The van der Waals surface area contributed by atoms with Crippen molar-refractivity contribution in [3.63, 3.8) is 0 Å². The summed E-state index contributed by atoms with van der Waals surface area (Å²) in [4.78, 5) is 11.6. The zero-order valence-electron chi connectivity index (χ0n) is 10.00. The van der Waals surface area contributed by atoms with Crippen molar-refractivity contribution in [2.45, 2.75) is 19.4 Å². The van der Waals surface area contributed by atoms with Gasteiger partial charge in [-0.25, -0.2) is 4.39 Å². The number of hydrogen-bond donors (Lipinski definition) is 2. The van der Waals surface area contributed by atoms with Crippen LogP contribution >= 0.6 is 0 Å². The summed E-state index contributed by atoms with van der Waals surface area (Å²) in [5.41, 5.74) is 6.31. The first-order valence-corrected chi connectivity index (χ1v) is 5.36. The monoisotopic (exact) mass is 240 g/mol. The number of ether oxygens (including phenoxy) is 1. The van der Waals surface area contributed by atoms with Crippen LogP contribution in [0.4, 0.5) is 10.1 Å². The topological polar surface area (TPSA) is 64.3 Å². The van der Waals surface area contributed by atoms with Crippen molar-refractivity contribution in [2.75, 3.05) is 19.0 Å². The molecule has 1 aromatic rings. The summed E-state index contributed by atoms with van der Waals surface area (Å²) in [5.74, 6) is -0.582. The molecule has 0 saturated carbocycles. The third-order valence-electron chi connectivity index (χ3n) is 2.55. The number of hydrogen-bond acceptors (Lipinski definition) is 3. The minimum atomic E-state index is -0.343. The van der Waals surface area contributed by atoms with Gasteiger partial charge in [0, 0.05) is 24.9 Å². The van der Waals surface area contributed by atoms with Gasteiger partial charge in [-0.15, -0.1) is 0 Å². The van der Waals surface area contributed by atoms with E-state index in [0.717, 1.165) is 0 Å². The molecule has 0 bridgehead atoms. The molecule has 0 aromatic heterocycles. The molecule has 0 aliphatic heterocycles. The van der Waals surface area contributed by atoms with Crippen LogP contribution in [0.3, 0.4) is 0 Å². The van der Waals surface area contributed by atoms with Crippen molar-refractivity contribution in [1.29, 1.82) is 0 Å². The highest BCUT2D eigenvalue weighted by Gasteiger charge is 2.13. The van der Waals surface area contributed by atoms with Crippen molar-refractivity contribution in [2.24, 2.45) is 5.73 Å². The van der Waals surface area contributed by atoms with Crippen molar-refractivity contribution >= 4 is 11.6 Å². The van der Waals surface area contributed by atoms with E-state index in [4.69, 9.17) is 10.5 Å². The van der Waals surface area contributed by atoms with Gasteiger partial charge in [-0.1, -0.05) is 6.07 Å². The maximum atomic E-state index is 13.2. The smallest absolute Gasteiger partial charge is 0.227 e. The van der Waals surface area contributed by atoms with Crippen LogP contribution in [-0.2, 0) is 9.53 Å². The predicted molar refractivity (Wildman–Crippen MR) is 64.2 cm³/mol. The summed E-state index contributed by atoms with van der Waals surface area (Å²) in [7, 11) is 1.50. The van der Waals surface area contributed by atoms with E-state index in [2.05, 4.69) is 5.32 Å². The number of benzene rings is 1. The van der Waals surface area contributed by atoms with E-state index in [1.807, 2.05) is 0 Å². The van der Waals surface area contributed by atoms with Crippen molar-refractivity contribution in [3.05, 3.63) is 29.6 Å². The molecule has 0 aliphatic carbocycles. The molecule has 17 heavy (non-hydrogen) atoms. The molecule has 3 N–H and O–H groups in total. The first-order chi connectivity index (χ1) is 8.08. The Balaban J connectivity index is 2.65. The summed E-state index contributed by atoms with van der Waals surface area (Å²) in [6, 6.07) is 4.55. The van der Waals surface area contributed by atoms with E-state index in [0.29, 0.717) is 11.3 Å². The lowest BCUT2D eigenvalue weighted by atomic mass is 10.1. The Bertz CT molecular complexity index is 392. The summed E-state index contributed by atoms with van der Waals surface area (Å²) < 4.78 is 18.2. The van der Waals surface area contributed by atoms with Crippen LogP contribution in [0.2, 0.25) is 0 Å². The lowest BCUT2D eigenvalue weighted by Gasteiger charge is -2.13. The van der Waals surface area contributed by atoms with Gasteiger partial charge in [-0.3, -0.25) is 4.79 Å². The number of carbonyl (C=O) groups excluding carboxylic acids is 1. The molecule has 1 rings (SSSR count). The highest BCUT2D eigenvalue weighted by atomic mass is 19.1. The van der Waals surface area contributed by atoms with E-state index >= 15 is 0 Å². The van der Waals surface area contributed by atoms with E-state index in [-0.39, 0.29) is 30.8 Å². The molecule has 4 nitrogen and oxygen atoms in total. The van der Waals surface area contributed by atoms with E-state index in [1.165, 1.54) is 13.2 Å². The Labute approximate surface area is 100.0 Å². The van der Waals surface area contributed by atoms with Crippen LogP contribution in [0.25, 0.3) is 0 Å². The van der Waals surface area contributed by atoms with Gasteiger partial charge in [0.1, 0.15) is 5.82 Å². The number of methoxy groups -OCH3 is 1. The molecule has 0 saturated heterocycles. The summed E-state index contributed by atoms with van der Waals surface area (Å²) >= 11 is 0. The van der Waals surface area contributed by atoms with E-state index in [9.17, 15) is 9.18 Å². The summed E-state index contributed by atoms with van der Waals surface area (Å²) in [5, 5.41) is 2.64. The highest BCUT2D eigenvalue weighted by Crippen LogP contribution is 2.17. The van der Waals surface area contributed by atoms with Gasteiger partial charge < -0.3 is 15.8 Å². The molecular weight excluding hydrogens is 223 g/mol. The van der Waals surface area contributed by atoms with Crippen LogP contribution < -0.4 is 11.1 Å². The van der Waals surface area contributed by atoms with Gasteiger partial charge in [0.15, 0.2) is 0 Å². The number of carbonyl (C=O) groups is 1. The molecule has 94 valence electrons. The second kappa shape index (κ2) is 6.32. The van der Waals surface area contributed by atoms with Gasteiger partial charge in [-0.2, -0.15) is 0 Å². The van der Waals surface area contributed by atoms with Gasteiger partial charge in [0.25, 0.3) is 0 Å². The molecule has 0 aliphatic rings. The number of halogens is 1. The normalized spacial score (nSPS) is 12.2. The molecule has 1 atom stereocenters. The molecule has 0 spiro atoms. The standard InChI is InChI=1S/C12H17FN2O2/c1-8-10(13)4-3-5-11(8)15-12(16)6-9(7-14)17-2/h3-5,9H,6-7,14H2,1-2H3,(H,15,16). The molecule has 0 radical (unpaired) electrons. The highest BCUT2D eigenvalue weighted by molar-refractivity contribution is 5.91. The quantitative estimate of drug-likeness (QED) is 0.818. The minimum absolute atomic E-state index is 0.156. The maximum absolute atomic E-state index is 13.2. The van der Waals surface area contributed by atoms with Crippen LogP contribution in [0.1, 0.15) is 12.0 Å². The Morgan fingerprint density at radius 1 is 1.59 bits per heavy atom. The second-order valence-electron chi connectivity index (χ2n) is 3.76. The Hall–Kier alpha value is -1.46. The van der Waals surface area contributed by atoms with Gasteiger partial charge in [-0.05, 0) is 19.1 Å². The summed E-state index contributed by atoms with van der Waals surface area (Å²) in [6.07, 6.45) is -0.160. The first kappa shape index (κ1) is 13.6. The number of amides is 1. The molecule has 5 heteroatoms. The molecule has 0 fully saturated rings. The van der Waals surface area contributed by atoms with E-state index < -0.39 is 0 Å². The SMILES string of the molecule is COC(CN)CC(=O)Nc1cccc(F)c1C. The van der Waals surface area contributed by atoms with Crippen LogP contribution in [0.5, 0.6) is 0 Å². The first-order valence-electron chi connectivity index (χ1n) is 5.36. The lowest BCUT2D eigenvalue weighted by Crippen LogP contribution is -2.28. The van der Waals surface area contributed by atoms with Gasteiger partial charge in [0.05, 0.1) is 12.5 Å². The Morgan fingerprint density at radius 2 is 2.29 bits per heavy atom. The molecule has 1 unspecified atom stereocenters. The third kappa shape index (κ3) is 3.80. The van der Waals surface area contributed by atoms with Crippen molar-refractivity contribution in [3.8, 4) is 0 Å². The largest absolute Gasteiger partial charge is 0.380 e. The maximum Gasteiger partial charge on any atom is 0.227 e. The number of nitrogens with two attached hydrogens (primary N) is 1. The Kier molecular flexibility index (Phi) is 5.06. The Morgan fingerprint density at radius 3 is 2.88 bits per heavy atom. The molecule has 0 heterocycles. The van der Waals surface area contributed by atoms with E-state index in [1.54, 1.807) is 19.1 Å². The van der Waals surface area contributed by atoms with Gasteiger partial charge >= 0.3 is 0 Å².